The van der Waals surface area contributed by atoms with Crippen molar-refractivity contribution in [2.24, 2.45) is 10.4 Å². The summed E-state index contributed by atoms with van der Waals surface area (Å²) in [7, 11) is 1.87. The van der Waals surface area contributed by atoms with Crippen LogP contribution in [0.4, 0.5) is 0 Å². The van der Waals surface area contributed by atoms with E-state index in [0.717, 1.165) is 64.5 Å². The van der Waals surface area contributed by atoms with E-state index >= 15 is 0 Å². The molecule has 1 aliphatic heterocycles. The second-order valence-electron chi connectivity index (χ2n) is 9.22. The molecule has 2 rings (SSSR count). The maximum atomic E-state index is 6.07. The molecule has 0 radical (unpaired) electrons. The Hall–Kier alpha value is -0.850. The largest absolute Gasteiger partial charge is 0.378 e. The average Bonchev–Trinajstić information content (AvgIpc) is 2.66. The summed E-state index contributed by atoms with van der Waals surface area (Å²) >= 11 is 0. The highest BCUT2D eigenvalue weighted by atomic mass is 16.5. The molecule has 0 aromatic carbocycles. The van der Waals surface area contributed by atoms with Crippen molar-refractivity contribution in [3.63, 3.8) is 0 Å². The maximum absolute atomic E-state index is 6.07. The van der Waals surface area contributed by atoms with Crippen LogP contribution in [0.2, 0.25) is 0 Å². The Balaban J connectivity index is 1.68. The molecule has 6 nitrogen and oxygen atoms in total. The third kappa shape index (κ3) is 6.89. The van der Waals surface area contributed by atoms with Crippen LogP contribution in [0.5, 0.6) is 0 Å². The molecule has 2 N–H and O–H groups in total. The van der Waals surface area contributed by atoms with Gasteiger partial charge in [0.15, 0.2) is 5.96 Å². The van der Waals surface area contributed by atoms with Crippen LogP contribution in [-0.2, 0) is 9.47 Å². The minimum Gasteiger partial charge on any atom is -0.378 e. The van der Waals surface area contributed by atoms with E-state index in [2.05, 4.69) is 55.1 Å². The van der Waals surface area contributed by atoms with Crippen molar-refractivity contribution < 1.29 is 9.47 Å². The lowest BCUT2D eigenvalue weighted by molar-refractivity contribution is -0.113. The summed E-state index contributed by atoms with van der Waals surface area (Å²) in [5.74, 6) is 0.937. The first-order valence-electron chi connectivity index (χ1n) is 11.3. The molecule has 2 fully saturated rings. The van der Waals surface area contributed by atoms with Crippen LogP contribution in [0.15, 0.2) is 4.99 Å². The molecule has 1 heterocycles. The first kappa shape index (κ1) is 23.4. The number of piperidine rings is 1. The van der Waals surface area contributed by atoms with E-state index < -0.39 is 0 Å². The van der Waals surface area contributed by atoms with Gasteiger partial charge in [-0.3, -0.25) is 4.99 Å². The highest BCUT2D eigenvalue weighted by Gasteiger charge is 2.49. The van der Waals surface area contributed by atoms with Gasteiger partial charge in [-0.05, 0) is 39.5 Å². The Labute approximate surface area is 172 Å². The Kier molecular flexibility index (Phi) is 9.51. The van der Waals surface area contributed by atoms with Crippen LogP contribution in [0.3, 0.4) is 0 Å². The monoisotopic (exact) mass is 396 g/mol. The number of hydrogen-bond acceptors (Lipinski definition) is 4. The van der Waals surface area contributed by atoms with E-state index in [4.69, 9.17) is 9.47 Å². The Morgan fingerprint density at radius 3 is 2.46 bits per heavy atom. The lowest BCUT2D eigenvalue weighted by Crippen LogP contribution is -2.64. The van der Waals surface area contributed by atoms with Gasteiger partial charge < -0.3 is 25.0 Å². The van der Waals surface area contributed by atoms with Gasteiger partial charge in [-0.2, -0.15) is 0 Å². The zero-order chi connectivity index (χ0) is 20.6. The molecule has 1 saturated heterocycles. The molecular formula is C22H44N4O2. The molecule has 0 bridgehead atoms. The van der Waals surface area contributed by atoms with E-state index in [-0.39, 0.29) is 5.41 Å². The van der Waals surface area contributed by atoms with Gasteiger partial charge in [0.1, 0.15) is 0 Å². The third-order valence-corrected chi connectivity index (χ3v) is 6.32. The lowest BCUT2D eigenvalue weighted by atomic mass is 9.64. The van der Waals surface area contributed by atoms with Gasteiger partial charge in [0.05, 0.1) is 18.8 Å². The Bertz CT molecular complexity index is 473. The number of likely N-dealkylation sites (tertiary alicyclic amines) is 1. The first-order valence-corrected chi connectivity index (χ1v) is 11.3. The molecule has 6 heteroatoms. The summed E-state index contributed by atoms with van der Waals surface area (Å²) in [5, 5.41) is 7.29. The molecule has 0 spiro atoms. The third-order valence-electron chi connectivity index (χ3n) is 6.32. The van der Waals surface area contributed by atoms with Gasteiger partial charge in [-0.25, -0.2) is 0 Å². The maximum Gasteiger partial charge on any atom is 0.191 e. The van der Waals surface area contributed by atoms with Gasteiger partial charge in [-0.15, -0.1) is 0 Å². The van der Waals surface area contributed by atoms with E-state index in [0.29, 0.717) is 24.3 Å². The fourth-order valence-electron chi connectivity index (χ4n) is 4.03. The van der Waals surface area contributed by atoms with E-state index in [1.54, 1.807) is 0 Å². The standard InChI is InChI=1S/C22H44N4O2/c1-7-8-14-28-20-16-19(22(20,4)5)25-21(23-6)24-18-9-11-26(12-10-18)13-15-27-17(2)3/h17-20H,7-16H2,1-6H3,(H2,23,24,25). The summed E-state index contributed by atoms with van der Waals surface area (Å²) in [6.45, 7) is 16.0. The zero-order valence-electron chi connectivity index (χ0n) is 19.1. The SMILES string of the molecule is CCCCOC1CC(NC(=NC)NC2CCN(CCOC(C)C)CC2)C1(C)C. The second kappa shape index (κ2) is 11.4. The van der Waals surface area contributed by atoms with Crippen molar-refractivity contribution in [3.8, 4) is 0 Å². The summed E-state index contributed by atoms with van der Waals surface area (Å²) in [4.78, 5) is 6.98. The number of rotatable bonds is 10. The summed E-state index contributed by atoms with van der Waals surface area (Å²) in [5.41, 5.74) is 0.144. The predicted molar refractivity (Wildman–Crippen MR) is 117 cm³/mol. The van der Waals surface area contributed by atoms with Crippen molar-refractivity contribution >= 4 is 5.96 Å². The van der Waals surface area contributed by atoms with Crippen LogP contribution in [0.25, 0.3) is 0 Å². The van der Waals surface area contributed by atoms with E-state index in [1.807, 2.05) is 7.05 Å². The number of nitrogens with one attached hydrogen (secondary N) is 2. The van der Waals surface area contributed by atoms with Crippen LogP contribution < -0.4 is 10.6 Å². The number of hydrogen-bond donors (Lipinski definition) is 2. The molecule has 2 unspecified atom stereocenters. The van der Waals surface area contributed by atoms with Crippen molar-refractivity contribution in [1.29, 1.82) is 0 Å². The van der Waals surface area contributed by atoms with Crippen LogP contribution in [0.1, 0.15) is 66.7 Å². The molecule has 1 saturated carbocycles. The van der Waals surface area contributed by atoms with E-state index in [9.17, 15) is 0 Å². The molecule has 0 amide bonds. The van der Waals surface area contributed by atoms with Crippen LogP contribution in [0, 0.1) is 5.41 Å². The zero-order valence-corrected chi connectivity index (χ0v) is 19.1. The number of unbranched alkanes of at least 4 members (excludes halogenated alkanes) is 1. The summed E-state index contributed by atoms with van der Waals surface area (Å²) in [6, 6.07) is 0.909. The minimum atomic E-state index is 0.144. The van der Waals surface area contributed by atoms with Gasteiger partial charge >= 0.3 is 0 Å². The molecule has 0 aromatic rings. The smallest absolute Gasteiger partial charge is 0.191 e. The van der Waals surface area contributed by atoms with Crippen molar-refractivity contribution in [2.75, 3.05) is 39.9 Å². The van der Waals surface area contributed by atoms with Crippen molar-refractivity contribution in [2.45, 2.75) is 91.0 Å². The summed E-state index contributed by atoms with van der Waals surface area (Å²) in [6.07, 6.45) is 6.38. The number of ether oxygens (including phenoxy) is 2. The topological polar surface area (TPSA) is 58.1 Å². The van der Waals surface area contributed by atoms with Gasteiger partial charge in [0.25, 0.3) is 0 Å². The van der Waals surface area contributed by atoms with Gasteiger partial charge in [-0.1, -0.05) is 27.2 Å². The fraction of sp³-hybridized carbons (Fsp3) is 0.955. The molecule has 164 valence electrons. The lowest BCUT2D eigenvalue weighted by Gasteiger charge is -2.52. The molecule has 28 heavy (non-hydrogen) atoms. The molecule has 2 atom stereocenters. The van der Waals surface area contributed by atoms with Crippen molar-refractivity contribution in [3.05, 3.63) is 0 Å². The number of nitrogens with zero attached hydrogens (tertiary/aromatic N) is 2. The van der Waals surface area contributed by atoms with Crippen molar-refractivity contribution in [1.82, 2.24) is 15.5 Å². The fourth-order valence-corrected chi connectivity index (χ4v) is 4.03. The van der Waals surface area contributed by atoms with Gasteiger partial charge in [0, 0.05) is 50.8 Å². The summed E-state index contributed by atoms with van der Waals surface area (Å²) < 4.78 is 11.7. The highest BCUT2D eigenvalue weighted by molar-refractivity contribution is 5.80. The van der Waals surface area contributed by atoms with Crippen LogP contribution >= 0.6 is 0 Å². The van der Waals surface area contributed by atoms with E-state index in [1.165, 1.54) is 6.42 Å². The van der Waals surface area contributed by atoms with Crippen LogP contribution in [-0.4, -0.2) is 75.0 Å². The normalized spacial score (nSPS) is 26.3. The Morgan fingerprint density at radius 2 is 1.89 bits per heavy atom. The molecule has 0 aromatic heterocycles. The Morgan fingerprint density at radius 1 is 1.18 bits per heavy atom. The average molecular weight is 397 g/mol. The predicted octanol–water partition coefficient (Wildman–Crippen LogP) is 3.02. The number of aliphatic imine (C=N–C) groups is 1. The quantitative estimate of drug-likeness (QED) is 0.338. The first-order chi connectivity index (χ1) is 13.4. The molecular weight excluding hydrogens is 352 g/mol. The second-order valence-corrected chi connectivity index (χ2v) is 9.22. The highest BCUT2D eigenvalue weighted by Crippen LogP contribution is 2.42. The number of guanidine groups is 1. The molecule has 2 aliphatic rings. The molecule has 1 aliphatic carbocycles. The van der Waals surface area contributed by atoms with Gasteiger partial charge in [0.2, 0.25) is 0 Å². The minimum absolute atomic E-state index is 0.144.